The molecule has 0 unspecified atom stereocenters. The van der Waals surface area contributed by atoms with Gasteiger partial charge >= 0.3 is 5.97 Å². The molecule has 1 aliphatic carbocycles. The van der Waals surface area contributed by atoms with Crippen molar-refractivity contribution < 1.29 is 24.2 Å². The molecule has 1 aliphatic rings. The van der Waals surface area contributed by atoms with Gasteiger partial charge in [0.1, 0.15) is 17.5 Å². The minimum absolute atomic E-state index is 0.139. The molecule has 6 heteroatoms. The molecule has 2 rings (SSSR count). The van der Waals surface area contributed by atoms with E-state index in [0.29, 0.717) is 24.0 Å². The van der Waals surface area contributed by atoms with E-state index in [-0.39, 0.29) is 18.1 Å². The third kappa shape index (κ3) is 8.71. The monoisotopic (exact) mass is 612 g/mol. The second-order valence-electron chi connectivity index (χ2n) is 11.7. The van der Waals surface area contributed by atoms with Gasteiger partial charge in [-0.05, 0) is 88.1 Å². The molecule has 0 heterocycles. The molecule has 4 atom stereocenters. The lowest BCUT2D eigenvalue weighted by Gasteiger charge is -2.29. The number of Topliss-reactive ketones (excluding diaryl/α,β-unsaturated/α-hetero) is 2. The largest absolute Gasteiger partial charge is 0.458 e. The fraction of sp³-hybridized carbons (Fsp3) is 0.500. The summed E-state index contributed by atoms with van der Waals surface area (Å²) in [6, 6.07) is 6.82. The molecule has 0 aliphatic heterocycles. The number of unbranched alkanes of at least 4 members (excludes halogenated alkanes) is 2. The van der Waals surface area contributed by atoms with Crippen LogP contribution in [0, 0.1) is 17.3 Å². The van der Waals surface area contributed by atoms with Crippen molar-refractivity contribution >= 4 is 33.5 Å². The predicted molar refractivity (Wildman–Crippen MR) is 165 cm³/mol. The van der Waals surface area contributed by atoms with Gasteiger partial charge in [0.2, 0.25) is 0 Å². The van der Waals surface area contributed by atoms with Gasteiger partial charge in [-0.1, -0.05) is 66.6 Å². The Bertz CT molecular complexity index is 1140. The first kappa shape index (κ1) is 33.6. The van der Waals surface area contributed by atoms with E-state index < -0.39 is 34.8 Å². The van der Waals surface area contributed by atoms with Crippen LogP contribution in [0.2, 0.25) is 0 Å². The average molecular weight is 614 g/mol. The Morgan fingerprint density at radius 3 is 2.35 bits per heavy atom. The number of allylic oxidation sites excluding steroid dienone is 4. The summed E-state index contributed by atoms with van der Waals surface area (Å²) in [4.78, 5) is 39.4. The fourth-order valence-corrected chi connectivity index (χ4v) is 5.49. The lowest BCUT2D eigenvalue weighted by Crippen LogP contribution is -2.45. The summed E-state index contributed by atoms with van der Waals surface area (Å²) in [5.74, 6) is -1.81. The number of rotatable bonds is 15. The van der Waals surface area contributed by atoms with Crippen molar-refractivity contribution in [2.75, 3.05) is 0 Å². The third-order valence-electron chi connectivity index (χ3n) is 7.95. The molecular formula is C34H45BrO5. The van der Waals surface area contributed by atoms with Crippen molar-refractivity contribution in [3.8, 4) is 0 Å². The molecule has 218 valence electrons. The van der Waals surface area contributed by atoms with E-state index in [4.69, 9.17) is 4.74 Å². The van der Waals surface area contributed by atoms with E-state index in [2.05, 4.69) is 42.1 Å². The number of ether oxygens (including phenoxy) is 1. The van der Waals surface area contributed by atoms with E-state index in [1.165, 1.54) is 11.6 Å². The van der Waals surface area contributed by atoms with Crippen molar-refractivity contribution in [1.29, 1.82) is 0 Å². The van der Waals surface area contributed by atoms with Gasteiger partial charge in [0.05, 0.1) is 11.5 Å². The zero-order valence-corrected chi connectivity index (χ0v) is 26.3. The molecule has 0 radical (unpaired) electrons. The van der Waals surface area contributed by atoms with Gasteiger partial charge in [-0.3, -0.25) is 9.59 Å². The van der Waals surface area contributed by atoms with Crippen LogP contribution in [0.5, 0.6) is 0 Å². The van der Waals surface area contributed by atoms with Crippen LogP contribution in [0.15, 0.2) is 77.3 Å². The Morgan fingerprint density at radius 1 is 1.10 bits per heavy atom. The number of carbonyl (C=O) groups excluding carboxylic acids is 3. The van der Waals surface area contributed by atoms with Gasteiger partial charge in [0, 0.05) is 16.3 Å². The van der Waals surface area contributed by atoms with Gasteiger partial charge in [0.25, 0.3) is 0 Å². The maximum atomic E-state index is 13.6. The number of hydrogen-bond acceptors (Lipinski definition) is 5. The van der Waals surface area contributed by atoms with Crippen LogP contribution in [0.3, 0.4) is 0 Å². The third-order valence-corrected chi connectivity index (χ3v) is 8.48. The van der Waals surface area contributed by atoms with E-state index >= 15 is 0 Å². The Hall–Kier alpha value is -2.57. The van der Waals surface area contributed by atoms with E-state index in [9.17, 15) is 19.5 Å². The van der Waals surface area contributed by atoms with E-state index in [1.807, 2.05) is 26.8 Å². The predicted octanol–water partition coefficient (Wildman–Crippen LogP) is 8.13. The van der Waals surface area contributed by atoms with Crippen LogP contribution in [0.1, 0.15) is 89.9 Å². The van der Waals surface area contributed by atoms with Crippen molar-refractivity contribution in [2.45, 2.75) is 91.3 Å². The standard InChI is InChI=1S/C34H45BrO5/c1-8-10-11-12-13-23(3)14-19-29(36)33(6,7)21-20-24(4)31(37)34(39)22-25(5)30(28(34)9-2)40-32(38)26-15-17-27(35)18-16-26/h8-9,13,15-18,20,25,28,30,39H,1-2,10-12,14,19,21-22H2,3-7H3/b23-13+,24-20+/t25-,28-,30+,34+/m0/s1. The van der Waals surface area contributed by atoms with Crippen LogP contribution < -0.4 is 0 Å². The van der Waals surface area contributed by atoms with Gasteiger partial charge in [-0.25, -0.2) is 4.79 Å². The lowest BCUT2D eigenvalue weighted by atomic mass is 9.79. The average Bonchev–Trinajstić information content (AvgIpc) is 3.17. The van der Waals surface area contributed by atoms with Crippen LogP contribution in [-0.2, 0) is 14.3 Å². The minimum Gasteiger partial charge on any atom is -0.458 e. The number of esters is 1. The smallest absolute Gasteiger partial charge is 0.338 e. The normalized spacial score (nSPS) is 23.5. The molecular weight excluding hydrogens is 568 g/mol. The highest BCUT2D eigenvalue weighted by atomic mass is 79.9. The first-order chi connectivity index (χ1) is 18.8. The number of benzene rings is 1. The highest BCUT2D eigenvalue weighted by Crippen LogP contribution is 2.44. The summed E-state index contributed by atoms with van der Waals surface area (Å²) in [5, 5.41) is 11.6. The topological polar surface area (TPSA) is 80.7 Å². The Labute approximate surface area is 248 Å². The van der Waals surface area contributed by atoms with Crippen molar-refractivity contribution in [3.63, 3.8) is 0 Å². The zero-order chi connectivity index (χ0) is 30.1. The maximum absolute atomic E-state index is 13.6. The van der Waals surface area contributed by atoms with Gasteiger partial charge < -0.3 is 9.84 Å². The fourth-order valence-electron chi connectivity index (χ4n) is 5.23. The lowest BCUT2D eigenvalue weighted by molar-refractivity contribution is -0.137. The molecule has 1 aromatic rings. The van der Waals surface area contributed by atoms with Crippen LogP contribution in [-0.4, -0.2) is 34.3 Å². The summed E-state index contributed by atoms with van der Waals surface area (Å²) < 4.78 is 6.64. The second kappa shape index (κ2) is 14.9. The van der Waals surface area contributed by atoms with Gasteiger partial charge in [-0.2, -0.15) is 0 Å². The van der Waals surface area contributed by atoms with Gasteiger partial charge in [-0.15, -0.1) is 13.2 Å². The summed E-state index contributed by atoms with van der Waals surface area (Å²) in [7, 11) is 0. The molecule has 0 saturated heterocycles. The first-order valence-corrected chi connectivity index (χ1v) is 14.9. The zero-order valence-electron chi connectivity index (χ0n) is 24.7. The summed E-state index contributed by atoms with van der Waals surface area (Å²) in [6.07, 6.45) is 11.4. The molecule has 1 N–H and O–H groups in total. The van der Waals surface area contributed by atoms with E-state index in [1.54, 1.807) is 37.3 Å². The molecule has 0 bridgehead atoms. The summed E-state index contributed by atoms with van der Waals surface area (Å²) in [6.45, 7) is 17.0. The van der Waals surface area contributed by atoms with Crippen molar-refractivity contribution in [3.05, 3.63) is 82.9 Å². The second-order valence-corrected chi connectivity index (χ2v) is 12.7. The number of carbonyl (C=O) groups is 3. The summed E-state index contributed by atoms with van der Waals surface area (Å²) >= 11 is 3.35. The highest BCUT2D eigenvalue weighted by Gasteiger charge is 2.56. The quantitative estimate of drug-likeness (QED) is 0.0935. The summed E-state index contributed by atoms with van der Waals surface area (Å²) in [5.41, 5.74) is -0.397. The number of aliphatic hydroxyl groups is 1. The van der Waals surface area contributed by atoms with Crippen LogP contribution in [0.4, 0.5) is 0 Å². The molecule has 1 fully saturated rings. The van der Waals surface area contributed by atoms with E-state index in [0.717, 1.165) is 30.2 Å². The highest BCUT2D eigenvalue weighted by molar-refractivity contribution is 9.10. The van der Waals surface area contributed by atoms with Crippen LogP contribution >= 0.6 is 15.9 Å². The molecule has 1 aromatic carbocycles. The number of hydrogen-bond donors (Lipinski definition) is 1. The molecule has 0 amide bonds. The maximum Gasteiger partial charge on any atom is 0.338 e. The van der Waals surface area contributed by atoms with Crippen molar-refractivity contribution in [2.24, 2.45) is 17.3 Å². The van der Waals surface area contributed by atoms with Gasteiger partial charge in [0.15, 0.2) is 5.78 Å². The molecule has 40 heavy (non-hydrogen) atoms. The Morgan fingerprint density at radius 2 is 1.75 bits per heavy atom. The SMILES string of the molecule is C=CCCC/C=C(\C)CCC(=O)C(C)(C)C/C=C(\C)C(=O)[C@@]1(O)C[C@H](C)[C@@H](OC(=O)c2ccc(Br)cc2)[C@@H]1C=C. The van der Waals surface area contributed by atoms with Crippen LogP contribution in [0.25, 0.3) is 0 Å². The minimum atomic E-state index is -1.74. The first-order valence-electron chi connectivity index (χ1n) is 14.1. The Kier molecular flexibility index (Phi) is 12.5. The van der Waals surface area contributed by atoms with Crippen molar-refractivity contribution in [1.82, 2.24) is 0 Å². The number of ketones is 2. The molecule has 5 nitrogen and oxygen atoms in total. The molecule has 0 spiro atoms. The Balaban J connectivity index is 2.06. The molecule has 1 saturated carbocycles. The molecule has 0 aromatic heterocycles. The number of halogens is 1.